The summed E-state index contributed by atoms with van der Waals surface area (Å²) in [6.45, 7) is 0. The molecular formula is C18H20N2S. The lowest BCUT2D eigenvalue weighted by atomic mass is 10.0. The molecule has 0 amide bonds. The van der Waals surface area contributed by atoms with Crippen molar-refractivity contribution < 1.29 is 0 Å². The number of hydrogen-bond donors (Lipinski definition) is 0. The SMILES string of the molecule is c1ccc(/N=N/c2ccc(SC3CCCCC3)cc2)cc1. The molecule has 0 radical (unpaired) electrons. The molecule has 0 aliphatic heterocycles. The maximum atomic E-state index is 4.28. The van der Waals surface area contributed by atoms with Gasteiger partial charge in [0.2, 0.25) is 0 Å². The molecule has 0 atom stereocenters. The number of thioether (sulfide) groups is 1. The average Bonchev–Trinajstić information content (AvgIpc) is 2.56. The normalized spacial score (nSPS) is 16.4. The van der Waals surface area contributed by atoms with Crippen LogP contribution in [0, 0.1) is 0 Å². The number of hydrogen-bond acceptors (Lipinski definition) is 3. The van der Waals surface area contributed by atoms with Crippen molar-refractivity contribution >= 4 is 23.1 Å². The Morgan fingerprint density at radius 3 is 2.00 bits per heavy atom. The third kappa shape index (κ3) is 4.43. The lowest BCUT2D eigenvalue weighted by Gasteiger charge is -2.20. The molecule has 2 nitrogen and oxygen atoms in total. The molecule has 0 spiro atoms. The van der Waals surface area contributed by atoms with Gasteiger partial charge in [0.05, 0.1) is 11.4 Å². The van der Waals surface area contributed by atoms with E-state index in [1.165, 1.54) is 37.0 Å². The van der Waals surface area contributed by atoms with Crippen molar-refractivity contribution in [2.75, 3.05) is 0 Å². The Hall–Kier alpha value is -1.61. The van der Waals surface area contributed by atoms with E-state index in [1.807, 2.05) is 42.1 Å². The zero-order chi connectivity index (χ0) is 14.3. The van der Waals surface area contributed by atoms with Crippen molar-refractivity contribution in [1.29, 1.82) is 0 Å². The van der Waals surface area contributed by atoms with Crippen LogP contribution < -0.4 is 0 Å². The van der Waals surface area contributed by atoms with Gasteiger partial charge in [-0.3, -0.25) is 0 Å². The number of azo groups is 1. The summed E-state index contributed by atoms with van der Waals surface area (Å²) in [7, 11) is 0. The molecule has 3 heteroatoms. The molecule has 108 valence electrons. The van der Waals surface area contributed by atoms with Crippen molar-refractivity contribution in [3.63, 3.8) is 0 Å². The largest absolute Gasteiger partial charge is 0.151 e. The van der Waals surface area contributed by atoms with Crippen LogP contribution >= 0.6 is 11.8 Å². The van der Waals surface area contributed by atoms with Gasteiger partial charge in [-0.05, 0) is 49.2 Å². The fraction of sp³-hybridized carbons (Fsp3) is 0.333. The van der Waals surface area contributed by atoms with Gasteiger partial charge in [-0.15, -0.1) is 11.8 Å². The van der Waals surface area contributed by atoms with Crippen LogP contribution in [0.15, 0.2) is 69.7 Å². The second-order valence-electron chi connectivity index (χ2n) is 5.41. The van der Waals surface area contributed by atoms with E-state index in [0.717, 1.165) is 16.6 Å². The summed E-state index contributed by atoms with van der Waals surface area (Å²) in [5, 5.41) is 9.32. The topological polar surface area (TPSA) is 24.7 Å². The average molecular weight is 296 g/mol. The second-order valence-corrected chi connectivity index (χ2v) is 6.78. The predicted octanol–water partition coefficient (Wildman–Crippen LogP) is 6.53. The predicted molar refractivity (Wildman–Crippen MR) is 89.8 cm³/mol. The van der Waals surface area contributed by atoms with Crippen LogP contribution in [0.5, 0.6) is 0 Å². The zero-order valence-electron chi connectivity index (χ0n) is 12.1. The Kier molecular flexibility index (Phi) is 5.06. The van der Waals surface area contributed by atoms with E-state index in [4.69, 9.17) is 0 Å². The molecule has 0 aromatic heterocycles. The molecule has 21 heavy (non-hydrogen) atoms. The van der Waals surface area contributed by atoms with E-state index in [-0.39, 0.29) is 0 Å². The fourth-order valence-electron chi connectivity index (χ4n) is 2.58. The van der Waals surface area contributed by atoms with Crippen LogP contribution in [0.1, 0.15) is 32.1 Å². The Morgan fingerprint density at radius 1 is 0.714 bits per heavy atom. The Morgan fingerprint density at radius 2 is 1.33 bits per heavy atom. The number of nitrogens with zero attached hydrogens (tertiary/aromatic N) is 2. The van der Waals surface area contributed by atoms with E-state index in [1.54, 1.807) is 0 Å². The van der Waals surface area contributed by atoms with Crippen molar-refractivity contribution in [2.45, 2.75) is 42.2 Å². The molecular weight excluding hydrogens is 276 g/mol. The van der Waals surface area contributed by atoms with E-state index >= 15 is 0 Å². The first-order valence-corrected chi connectivity index (χ1v) is 8.52. The lowest BCUT2D eigenvalue weighted by Crippen LogP contribution is -2.07. The van der Waals surface area contributed by atoms with Gasteiger partial charge < -0.3 is 0 Å². The Labute approximate surface area is 130 Å². The highest BCUT2D eigenvalue weighted by molar-refractivity contribution is 8.00. The van der Waals surface area contributed by atoms with Crippen LogP contribution in [0.4, 0.5) is 11.4 Å². The van der Waals surface area contributed by atoms with Crippen molar-refractivity contribution in [3.8, 4) is 0 Å². The first-order chi connectivity index (χ1) is 10.4. The highest BCUT2D eigenvalue weighted by atomic mass is 32.2. The number of benzene rings is 2. The van der Waals surface area contributed by atoms with Crippen molar-refractivity contribution in [2.24, 2.45) is 10.2 Å². The first kappa shape index (κ1) is 14.3. The van der Waals surface area contributed by atoms with Gasteiger partial charge in [0.15, 0.2) is 0 Å². The summed E-state index contributed by atoms with van der Waals surface area (Å²) in [5.41, 5.74) is 1.80. The van der Waals surface area contributed by atoms with Gasteiger partial charge in [0.1, 0.15) is 0 Å². The van der Waals surface area contributed by atoms with Crippen molar-refractivity contribution in [1.82, 2.24) is 0 Å². The highest BCUT2D eigenvalue weighted by Gasteiger charge is 2.14. The van der Waals surface area contributed by atoms with Gasteiger partial charge in [-0.2, -0.15) is 10.2 Å². The maximum Gasteiger partial charge on any atom is 0.0857 e. The van der Waals surface area contributed by atoms with Gasteiger partial charge in [-0.1, -0.05) is 37.5 Å². The molecule has 1 aliphatic rings. The second kappa shape index (κ2) is 7.41. The Bertz CT molecular complexity index is 572. The summed E-state index contributed by atoms with van der Waals surface area (Å²) in [6, 6.07) is 18.3. The van der Waals surface area contributed by atoms with Crippen molar-refractivity contribution in [3.05, 3.63) is 54.6 Å². The molecule has 1 aliphatic carbocycles. The van der Waals surface area contributed by atoms with E-state index in [0.29, 0.717) is 0 Å². The van der Waals surface area contributed by atoms with Gasteiger partial charge in [-0.25, -0.2) is 0 Å². The fourth-order valence-corrected chi connectivity index (χ4v) is 3.82. The molecule has 0 heterocycles. The first-order valence-electron chi connectivity index (χ1n) is 7.64. The smallest absolute Gasteiger partial charge is 0.0857 e. The molecule has 2 aromatic carbocycles. The minimum Gasteiger partial charge on any atom is -0.151 e. The van der Waals surface area contributed by atoms with Gasteiger partial charge in [0.25, 0.3) is 0 Å². The molecule has 3 rings (SSSR count). The molecule has 0 unspecified atom stereocenters. The third-order valence-corrected chi connectivity index (χ3v) is 5.08. The van der Waals surface area contributed by atoms with Crippen LogP contribution in [0.25, 0.3) is 0 Å². The minimum absolute atomic E-state index is 0.801. The van der Waals surface area contributed by atoms with Crippen LogP contribution in [-0.2, 0) is 0 Å². The maximum absolute atomic E-state index is 4.28. The summed E-state index contributed by atoms with van der Waals surface area (Å²) in [6.07, 6.45) is 6.91. The van der Waals surface area contributed by atoms with Crippen LogP contribution in [-0.4, -0.2) is 5.25 Å². The molecule has 2 aromatic rings. The standard InChI is InChI=1S/C18H20N2S/c1-3-7-15(8-4-1)19-20-16-11-13-18(14-12-16)21-17-9-5-2-6-10-17/h1,3-4,7-8,11-14,17H,2,5-6,9-10H2/b20-19+. The molecule has 0 N–H and O–H groups in total. The minimum atomic E-state index is 0.801. The van der Waals surface area contributed by atoms with E-state index < -0.39 is 0 Å². The lowest BCUT2D eigenvalue weighted by molar-refractivity contribution is 0.516. The molecule has 0 bridgehead atoms. The summed E-state index contributed by atoms with van der Waals surface area (Å²) >= 11 is 2.02. The van der Waals surface area contributed by atoms with Gasteiger partial charge in [0, 0.05) is 10.1 Å². The van der Waals surface area contributed by atoms with E-state index in [9.17, 15) is 0 Å². The zero-order valence-corrected chi connectivity index (χ0v) is 12.9. The molecule has 0 saturated heterocycles. The molecule has 1 fully saturated rings. The van der Waals surface area contributed by atoms with Crippen LogP contribution in [0.3, 0.4) is 0 Å². The number of rotatable bonds is 4. The van der Waals surface area contributed by atoms with E-state index in [2.05, 4.69) is 34.5 Å². The summed E-state index contributed by atoms with van der Waals surface area (Å²) in [4.78, 5) is 1.35. The highest BCUT2D eigenvalue weighted by Crippen LogP contribution is 2.34. The Balaban J connectivity index is 1.60. The quantitative estimate of drug-likeness (QED) is 0.589. The summed E-state index contributed by atoms with van der Waals surface area (Å²) < 4.78 is 0. The third-order valence-electron chi connectivity index (χ3n) is 3.73. The van der Waals surface area contributed by atoms with Gasteiger partial charge >= 0.3 is 0 Å². The summed E-state index contributed by atoms with van der Waals surface area (Å²) in [5.74, 6) is 0. The van der Waals surface area contributed by atoms with Crippen LogP contribution in [0.2, 0.25) is 0 Å². The monoisotopic (exact) mass is 296 g/mol. The molecule has 1 saturated carbocycles.